The number of allylic oxidation sites excluding steroid dienone is 2. The molecule has 1 aliphatic rings. The van der Waals surface area contributed by atoms with Crippen molar-refractivity contribution in [1.29, 1.82) is 0 Å². The average molecular weight is 556 g/mol. The van der Waals surface area contributed by atoms with E-state index >= 15 is 0 Å². The molecule has 3 nitrogen and oxygen atoms in total. The summed E-state index contributed by atoms with van der Waals surface area (Å²) in [5.74, 6) is -7.47. The highest BCUT2D eigenvalue weighted by Crippen LogP contribution is 2.41. The molecule has 0 bridgehead atoms. The third-order valence-electron chi connectivity index (χ3n) is 6.41. The Morgan fingerprint density at radius 2 is 1.45 bits per heavy atom. The van der Waals surface area contributed by atoms with E-state index in [1.54, 1.807) is 0 Å². The predicted octanol–water partition coefficient (Wildman–Crippen LogP) is 8.36. The molecule has 0 aromatic heterocycles. The highest BCUT2D eigenvalue weighted by molar-refractivity contribution is 5.66. The molecule has 38 heavy (non-hydrogen) atoms. The lowest BCUT2D eigenvalue weighted by atomic mass is 9.79. The van der Waals surface area contributed by atoms with E-state index < -0.39 is 64.5 Å². The van der Waals surface area contributed by atoms with Crippen molar-refractivity contribution in [3.05, 3.63) is 65.2 Å². The van der Waals surface area contributed by atoms with E-state index in [4.69, 9.17) is 4.74 Å². The molecule has 0 saturated heterocycles. The smallest absolute Gasteiger partial charge is 0.465 e. The topological polar surface area (TPSA) is 38.7 Å². The maximum atomic E-state index is 14.7. The normalized spacial score (nSPS) is 19.7. The molecule has 1 unspecified atom stereocenters. The second-order valence-electron chi connectivity index (χ2n) is 9.08. The summed E-state index contributed by atoms with van der Waals surface area (Å²) in [5.41, 5.74) is -4.32. The van der Waals surface area contributed by atoms with Crippen molar-refractivity contribution in [2.24, 2.45) is 11.8 Å². The Morgan fingerprint density at radius 1 is 0.895 bits per heavy atom. The summed E-state index contributed by atoms with van der Waals surface area (Å²) in [6.07, 6.45) is -3.75. The van der Waals surface area contributed by atoms with Crippen LogP contribution in [0.5, 0.6) is 5.75 Å². The van der Waals surface area contributed by atoms with E-state index in [9.17, 15) is 44.6 Å². The first-order valence-corrected chi connectivity index (χ1v) is 11.8. The van der Waals surface area contributed by atoms with Crippen LogP contribution in [0.15, 0.2) is 36.4 Å². The fourth-order valence-electron chi connectivity index (χ4n) is 4.58. The minimum atomic E-state index is -5.93. The Bertz CT molecular complexity index is 1090. The molecule has 3 rings (SSSR count). The monoisotopic (exact) mass is 556 g/mol. The van der Waals surface area contributed by atoms with Gasteiger partial charge in [-0.25, -0.2) is 22.3 Å². The van der Waals surface area contributed by atoms with Gasteiger partial charge in [0.15, 0.2) is 6.29 Å². The van der Waals surface area contributed by atoms with Crippen molar-refractivity contribution >= 4 is 0 Å². The van der Waals surface area contributed by atoms with Gasteiger partial charge in [-0.2, -0.15) is 8.78 Å². The van der Waals surface area contributed by atoms with E-state index in [1.165, 1.54) is 0 Å². The van der Waals surface area contributed by atoms with Crippen LogP contribution in [0.1, 0.15) is 51.0 Å². The number of alkyl halides is 5. The van der Waals surface area contributed by atoms with Crippen LogP contribution in [-0.2, 0) is 10.8 Å². The van der Waals surface area contributed by atoms with Gasteiger partial charge in [-0.1, -0.05) is 12.2 Å². The SMILES string of the molecule is C/C=C/CCC1CCC(C(O)Oc2cc(F)c(-c3cc(F)c(C(F)(F)OC(F)(F)F)c(F)c3)c(F)c2)CC1. The van der Waals surface area contributed by atoms with Gasteiger partial charge in [-0.3, -0.25) is 0 Å². The molecule has 0 aliphatic heterocycles. The number of aliphatic hydroxyl groups excluding tert-OH is 1. The van der Waals surface area contributed by atoms with Crippen LogP contribution in [-0.4, -0.2) is 17.8 Å². The molecule has 1 N–H and O–H groups in total. The molecule has 210 valence electrons. The van der Waals surface area contributed by atoms with Crippen LogP contribution < -0.4 is 4.74 Å². The molecule has 1 fully saturated rings. The second-order valence-corrected chi connectivity index (χ2v) is 9.08. The van der Waals surface area contributed by atoms with Crippen molar-refractivity contribution in [3.8, 4) is 16.9 Å². The lowest BCUT2D eigenvalue weighted by Crippen LogP contribution is -2.30. The van der Waals surface area contributed by atoms with E-state index in [0.29, 0.717) is 30.9 Å². The first-order valence-electron chi connectivity index (χ1n) is 11.8. The van der Waals surface area contributed by atoms with Gasteiger partial charge >= 0.3 is 12.5 Å². The first-order chi connectivity index (χ1) is 17.7. The number of hydrogen-bond acceptors (Lipinski definition) is 3. The Labute approximate surface area is 212 Å². The summed E-state index contributed by atoms with van der Waals surface area (Å²) in [6.45, 7) is 1.94. The summed E-state index contributed by atoms with van der Waals surface area (Å²) in [6, 6.07) is 1.38. The molecular weight excluding hydrogens is 531 g/mol. The summed E-state index contributed by atoms with van der Waals surface area (Å²) in [4.78, 5) is 0. The van der Waals surface area contributed by atoms with E-state index in [2.05, 4.69) is 10.8 Å². The Morgan fingerprint density at radius 3 is 1.95 bits per heavy atom. The highest BCUT2D eigenvalue weighted by atomic mass is 19.4. The molecule has 1 saturated carbocycles. The first kappa shape index (κ1) is 29.8. The van der Waals surface area contributed by atoms with Crippen molar-refractivity contribution in [3.63, 3.8) is 0 Å². The van der Waals surface area contributed by atoms with Crippen LogP contribution in [0.4, 0.5) is 39.5 Å². The van der Waals surface area contributed by atoms with Crippen LogP contribution in [0.2, 0.25) is 0 Å². The summed E-state index contributed by atoms with van der Waals surface area (Å²) < 4.78 is 130. The molecule has 0 amide bonds. The molecule has 1 atom stereocenters. The molecule has 12 heteroatoms. The van der Waals surface area contributed by atoms with Crippen LogP contribution in [0.25, 0.3) is 11.1 Å². The molecular formula is C26H25F9O3. The lowest BCUT2D eigenvalue weighted by Gasteiger charge is -2.31. The third-order valence-corrected chi connectivity index (χ3v) is 6.41. The summed E-state index contributed by atoms with van der Waals surface area (Å²) in [7, 11) is 0. The fourth-order valence-corrected chi connectivity index (χ4v) is 4.58. The molecule has 0 radical (unpaired) electrons. The van der Waals surface area contributed by atoms with Gasteiger partial charge in [-0.05, 0) is 69.1 Å². The number of ether oxygens (including phenoxy) is 2. The van der Waals surface area contributed by atoms with E-state index in [0.717, 1.165) is 25.7 Å². The number of rotatable bonds is 9. The number of halogens is 9. The predicted molar refractivity (Wildman–Crippen MR) is 119 cm³/mol. The van der Waals surface area contributed by atoms with Gasteiger partial charge in [-0.15, -0.1) is 13.2 Å². The van der Waals surface area contributed by atoms with E-state index in [1.807, 2.05) is 13.0 Å². The van der Waals surface area contributed by atoms with Gasteiger partial charge in [0.05, 0.1) is 5.56 Å². The van der Waals surface area contributed by atoms with Crippen molar-refractivity contribution in [2.75, 3.05) is 0 Å². The molecule has 0 spiro atoms. The summed E-state index contributed by atoms with van der Waals surface area (Å²) in [5, 5.41) is 10.4. The third kappa shape index (κ3) is 7.43. The highest BCUT2D eigenvalue weighted by Gasteiger charge is 2.49. The Hall–Kier alpha value is -2.73. The summed E-state index contributed by atoms with van der Waals surface area (Å²) >= 11 is 0. The standard InChI is InChI=1S/C26H25F9O3/c1-2-3-4-5-14-6-8-15(9-7-14)24(36)37-17-12-18(27)22(19(28)13-17)16-10-20(29)23(21(30)11-16)25(31,32)38-26(33,34)35/h2-3,10-15,24,36H,4-9H2,1H3/b3-2+. The minimum absolute atomic E-state index is 0.0533. The van der Waals surface area contributed by atoms with Gasteiger partial charge < -0.3 is 9.84 Å². The van der Waals surface area contributed by atoms with Crippen molar-refractivity contribution in [1.82, 2.24) is 0 Å². The zero-order valence-corrected chi connectivity index (χ0v) is 20.1. The quantitative estimate of drug-likeness (QED) is 0.192. The zero-order chi connectivity index (χ0) is 28.3. The number of benzene rings is 2. The van der Waals surface area contributed by atoms with Crippen molar-refractivity contribution in [2.45, 2.75) is 64.2 Å². The van der Waals surface area contributed by atoms with Crippen LogP contribution in [0, 0.1) is 35.1 Å². The maximum Gasteiger partial charge on any atom is 0.527 e. The largest absolute Gasteiger partial charge is 0.527 e. The minimum Gasteiger partial charge on any atom is -0.465 e. The van der Waals surface area contributed by atoms with Crippen molar-refractivity contribution < 1.29 is 54.1 Å². The average Bonchev–Trinajstić information content (AvgIpc) is 2.77. The van der Waals surface area contributed by atoms with Gasteiger partial charge in [0.25, 0.3) is 0 Å². The second kappa shape index (κ2) is 12.0. The molecule has 0 heterocycles. The number of aliphatic hydroxyl groups is 1. The molecule has 2 aromatic rings. The maximum absolute atomic E-state index is 14.7. The van der Waals surface area contributed by atoms with Crippen LogP contribution >= 0.6 is 0 Å². The van der Waals surface area contributed by atoms with Gasteiger partial charge in [0.1, 0.15) is 34.6 Å². The van der Waals surface area contributed by atoms with Gasteiger partial charge in [0.2, 0.25) is 0 Å². The molecule has 1 aliphatic carbocycles. The lowest BCUT2D eigenvalue weighted by molar-refractivity contribution is -0.432. The Balaban J connectivity index is 1.75. The zero-order valence-electron chi connectivity index (χ0n) is 20.1. The number of hydrogen-bond donors (Lipinski definition) is 1. The Kier molecular flexibility index (Phi) is 9.40. The fraction of sp³-hybridized carbons (Fsp3) is 0.462. The van der Waals surface area contributed by atoms with Gasteiger partial charge in [0, 0.05) is 18.1 Å². The van der Waals surface area contributed by atoms with E-state index in [-0.39, 0.29) is 18.1 Å². The molecule has 2 aromatic carbocycles. The van der Waals surface area contributed by atoms with Crippen LogP contribution in [0.3, 0.4) is 0 Å².